The van der Waals surface area contributed by atoms with Gasteiger partial charge in [-0.1, -0.05) is 12.1 Å². The van der Waals surface area contributed by atoms with E-state index in [1.165, 1.54) is 25.3 Å². The maximum atomic E-state index is 13.0. The number of ketones is 1. The first kappa shape index (κ1) is 12.3. The smallest absolute Gasteiger partial charge is 0.178 e. The lowest BCUT2D eigenvalue weighted by molar-refractivity contribution is 0.101. The molecule has 0 spiro atoms. The molecule has 100 valence electrons. The van der Waals surface area contributed by atoms with E-state index in [0.29, 0.717) is 17.0 Å². The third-order valence-corrected chi connectivity index (χ3v) is 3.23. The Bertz CT molecular complexity index is 806. The first-order valence-corrected chi connectivity index (χ1v) is 6.10. The summed E-state index contributed by atoms with van der Waals surface area (Å²) in [5.74, 6) is -0.375. The second kappa shape index (κ2) is 4.45. The van der Waals surface area contributed by atoms with Crippen LogP contribution in [0.3, 0.4) is 0 Å². The van der Waals surface area contributed by atoms with Gasteiger partial charge in [-0.2, -0.15) is 0 Å². The quantitative estimate of drug-likeness (QED) is 0.728. The number of hydrogen-bond acceptors (Lipinski definition) is 3. The molecule has 3 aromatic rings. The summed E-state index contributed by atoms with van der Waals surface area (Å²) in [6.07, 6.45) is 3.25. The number of rotatable bonds is 2. The molecule has 0 aliphatic carbocycles. The van der Waals surface area contributed by atoms with Gasteiger partial charge >= 0.3 is 0 Å². The second-order valence-electron chi connectivity index (χ2n) is 4.54. The van der Waals surface area contributed by atoms with Gasteiger partial charge in [-0.3, -0.25) is 9.20 Å². The van der Waals surface area contributed by atoms with E-state index in [4.69, 9.17) is 5.73 Å². The maximum absolute atomic E-state index is 13.0. The van der Waals surface area contributed by atoms with Gasteiger partial charge in [0.1, 0.15) is 11.5 Å². The fraction of sp³-hybridized carbons (Fsp3) is 0.0667. The van der Waals surface area contributed by atoms with Crippen molar-refractivity contribution in [3.63, 3.8) is 0 Å². The number of halogens is 1. The van der Waals surface area contributed by atoms with Crippen LogP contribution in [0.5, 0.6) is 0 Å². The highest BCUT2D eigenvalue weighted by molar-refractivity contribution is 5.95. The van der Waals surface area contributed by atoms with Crippen molar-refractivity contribution in [2.24, 2.45) is 0 Å². The van der Waals surface area contributed by atoms with E-state index in [-0.39, 0.29) is 11.6 Å². The summed E-state index contributed by atoms with van der Waals surface area (Å²) in [6, 6.07) is 7.87. The number of nitrogens with zero attached hydrogens (tertiary/aromatic N) is 2. The van der Waals surface area contributed by atoms with Crippen molar-refractivity contribution in [2.45, 2.75) is 6.92 Å². The minimum absolute atomic E-state index is 0.0774. The van der Waals surface area contributed by atoms with Crippen LogP contribution in [-0.2, 0) is 0 Å². The van der Waals surface area contributed by atoms with Gasteiger partial charge in [0.25, 0.3) is 0 Å². The van der Waals surface area contributed by atoms with Crippen molar-refractivity contribution in [1.29, 1.82) is 0 Å². The molecule has 2 heterocycles. The van der Waals surface area contributed by atoms with E-state index in [1.54, 1.807) is 28.8 Å². The fourth-order valence-electron chi connectivity index (χ4n) is 2.21. The average molecular weight is 269 g/mol. The first-order chi connectivity index (χ1) is 9.58. The molecule has 0 amide bonds. The van der Waals surface area contributed by atoms with Crippen LogP contribution >= 0.6 is 0 Å². The molecular weight excluding hydrogens is 257 g/mol. The number of anilines is 1. The van der Waals surface area contributed by atoms with Crippen LogP contribution in [0.2, 0.25) is 0 Å². The third-order valence-electron chi connectivity index (χ3n) is 3.23. The van der Waals surface area contributed by atoms with E-state index in [9.17, 15) is 9.18 Å². The molecule has 0 saturated heterocycles. The van der Waals surface area contributed by atoms with Crippen molar-refractivity contribution in [3.05, 3.63) is 54.2 Å². The first-order valence-electron chi connectivity index (χ1n) is 6.10. The molecular formula is C15H12FN3O. The lowest BCUT2D eigenvalue weighted by atomic mass is 10.1. The Labute approximate surface area is 114 Å². The topological polar surface area (TPSA) is 60.4 Å². The Morgan fingerprint density at radius 3 is 2.60 bits per heavy atom. The highest BCUT2D eigenvalue weighted by Crippen LogP contribution is 2.29. The van der Waals surface area contributed by atoms with Gasteiger partial charge < -0.3 is 5.73 Å². The van der Waals surface area contributed by atoms with Gasteiger partial charge in [-0.05, 0) is 23.8 Å². The lowest BCUT2D eigenvalue weighted by Gasteiger charge is -2.08. The molecule has 1 aromatic carbocycles. The van der Waals surface area contributed by atoms with Crippen molar-refractivity contribution in [3.8, 4) is 11.1 Å². The molecule has 20 heavy (non-hydrogen) atoms. The highest BCUT2D eigenvalue weighted by atomic mass is 19.1. The molecule has 4 nitrogen and oxygen atoms in total. The van der Waals surface area contributed by atoms with E-state index in [2.05, 4.69) is 4.98 Å². The van der Waals surface area contributed by atoms with Crippen LogP contribution in [0.15, 0.2) is 42.7 Å². The third kappa shape index (κ3) is 1.84. The van der Waals surface area contributed by atoms with Crippen LogP contribution < -0.4 is 5.73 Å². The Kier molecular flexibility index (Phi) is 2.75. The van der Waals surface area contributed by atoms with E-state index in [1.807, 2.05) is 0 Å². The largest absolute Gasteiger partial charge is 0.395 e. The second-order valence-corrected chi connectivity index (χ2v) is 4.54. The molecule has 0 fully saturated rings. The number of carbonyl (C=O) groups excluding carboxylic acids is 1. The zero-order chi connectivity index (χ0) is 14.3. The number of benzene rings is 1. The number of aromatic nitrogens is 2. The van der Waals surface area contributed by atoms with E-state index in [0.717, 1.165) is 11.1 Å². The highest BCUT2D eigenvalue weighted by Gasteiger charge is 2.13. The zero-order valence-corrected chi connectivity index (χ0v) is 10.8. The van der Waals surface area contributed by atoms with Gasteiger partial charge in [-0.25, -0.2) is 9.37 Å². The molecule has 5 heteroatoms. The fourth-order valence-corrected chi connectivity index (χ4v) is 2.21. The summed E-state index contributed by atoms with van der Waals surface area (Å²) in [5.41, 5.74) is 9.15. The summed E-state index contributed by atoms with van der Waals surface area (Å²) in [5, 5.41) is 0. The Morgan fingerprint density at radius 2 is 1.95 bits per heavy atom. The minimum atomic E-state index is -0.298. The maximum Gasteiger partial charge on any atom is 0.178 e. The number of nitrogen functional groups attached to an aromatic ring is 1. The van der Waals surface area contributed by atoms with Crippen molar-refractivity contribution >= 4 is 17.1 Å². The van der Waals surface area contributed by atoms with Crippen LogP contribution in [0.1, 0.15) is 17.4 Å². The summed E-state index contributed by atoms with van der Waals surface area (Å²) in [6.45, 7) is 1.48. The molecule has 0 unspecified atom stereocenters. The predicted octanol–water partition coefficient (Wildman–Crippen LogP) is 2.93. The summed E-state index contributed by atoms with van der Waals surface area (Å²) >= 11 is 0. The molecule has 0 saturated carbocycles. The molecule has 0 atom stereocenters. The van der Waals surface area contributed by atoms with Gasteiger partial charge in [0, 0.05) is 18.7 Å². The number of pyridine rings is 1. The minimum Gasteiger partial charge on any atom is -0.395 e. The Hall–Kier alpha value is -2.69. The van der Waals surface area contributed by atoms with Gasteiger partial charge in [0.2, 0.25) is 0 Å². The van der Waals surface area contributed by atoms with Crippen LogP contribution in [-0.4, -0.2) is 15.2 Å². The molecule has 2 aromatic heterocycles. The van der Waals surface area contributed by atoms with Gasteiger partial charge in [-0.15, -0.1) is 0 Å². The standard InChI is InChI=1S/C15H12FN3O/c1-9(20)13-8-18-15-14(17)12(6-7-19(13)15)10-2-4-11(16)5-3-10/h2-8H,17H2,1H3. The molecule has 2 N–H and O–H groups in total. The molecule has 0 bridgehead atoms. The van der Waals surface area contributed by atoms with Gasteiger partial charge in [0.05, 0.1) is 11.9 Å². The van der Waals surface area contributed by atoms with Crippen LogP contribution in [0.4, 0.5) is 10.1 Å². The summed E-state index contributed by atoms with van der Waals surface area (Å²) in [4.78, 5) is 15.7. The number of carbonyl (C=O) groups is 1. The number of Topliss-reactive ketones (excluding diaryl/α,β-unsaturated/α-hetero) is 1. The molecule has 0 aliphatic heterocycles. The number of hydrogen-bond donors (Lipinski definition) is 1. The van der Waals surface area contributed by atoms with Crippen LogP contribution in [0, 0.1) is 5.82 Å². The van der Waals surface area contributed by atoms with E-state index >= 15 is 0 Å². The van der Waals surface area contributed by atoms with Crippen molar-refractivity contribution in [1.82, 2.24) is 9.38 Å². The zero-order valence-electron chi connectivity index (χ0n) is 10.8. The number of nitrogens with two attached hydrogens (primary N) is 1. The monoisotopic (exact) mass is 269 g/mol. The summed E-state index contributed by atoms with van der Waals surface area (Å²) < 4.78 is 14.6. The molecule has 0 radical (unpaired) electrons. The van der Waals surface area contributed by atoms with Crippen molar-refractivity contribution in [2.75, 3.05) is 5.73 Å². The van der Waals surface area contributed by atoms with E-state index < -0.39 is 0 Å². The normalized spacial score (nSPS) is 10.9. The Morgan fingerprint density at radius 1 is 1.25 bits per heavy atom. The predicted molar refractivity (Wildman–Crippen MR) is 75.0 cm³/mol. The lowest BCUT2D eigenvalue weighted by Crippen LogP contribution is -2.01. The number of imidazole rings is 1. The van der Waals surface area contributed by atoms with Crippen LogP contribution in [0.25, 0.3) is 16.8 Å². The average Bonchev–Trinajstić information content (AvgIpc) is 2.85. The Balaban J connectivity index is 2.21. The number of fused-ring (bicyclic) bond motifs is 1. The van der Waals surface area contributed by atoms with Crippen molar-refractivity contribution < 1.29 is 9.18 Å². The SMILES string of the molecule is CC(=O)c1cnc2c(N)c(-c3ccc(F)cc3)ccn12. The molecule has 0 aliphatic rings. The molecule has 3 rings (SSSR count). The summed E-state index contributed by atoms with van der Waals surface area (Å²) in [7, 11) is 0. The van der Waals surface area contributed by atoms with Gasteiger partial charge in [0.15, 0.2) is 11.4 Å².